The second-order valence-corrected chi connectivity index (χ2v) is 7.23. The Morgan fingerprint density at radius 1 is 1.35 bits per heavy atom. The number of piperidine rings is 1. The Morgan fingerprint density at radius 2 is 2.04 bits per heavy atom. The Kier molecular flexibility index (Phi) is 5.19. The Morgan fingerprint density at radius 3 is 2.61 bits per heavy atom. The molecule has 0 saturated carbocycles. The fourth-order valence-corrected chi connectivity index (χ4v) is 3.03. The monoisotopic (exact) mass is 321 g/mol. The van der Waals surface area contributed by atoms with Gasteiger partial charge in [0, 0.05) is 19.6 Å². The Bertz CT molecular complexity index is 552. The minimum atomic E-state index is -0.540. The number of likely N-dealkylation sites (tertiary alicyclic amines) is 1. The highest BCUT2D eigenvalue weighted by Gasteiger charge is 2.38. The van der Waals surface area contributed by atoms with Crippen molar-refractivity contribution in [1.29, 1.82) is 0 Å². The first-order valence-electron chi connectivity index (χ1n) is 8.02. The molecule has 1 aromatic rings. The number of carbonyl (C=O) groups is 1. The lowest BCUT2D eigenvalue weighted by Crippen LogP contribution is -2.49. The van der Waals surface area contributed by atoms with Crippen LogP contribution in [0, 0.1) is 5.92 Å². The summed E-state index contributed by atoms with van der Waals surface area (Å²) in [6, 6.07) is 6.87. The summed E-state index contributed by atoms with van der Waals surface area (Å²) in [5.74, 6) is 0.417. The molecule has 1 aliphatic rings. The molecule has 1 fully saturated rings. The maximum absolute atomic E-state index is 12.6. The van der Waals surface area contributed by atoms with E-state index in [1.165, 1.54) is 0 Å². The van der Waals surface area contributed by atoms with Gasteiger partial charge < -0.3 is 19.5 Å². The second-order valence-electron chi connectivity index (χ2n) is 7.23. The number of phenolic OH excluding ortho intramolecular Hbond substituents is 1. The Balaban J connectivity index is 2.30. The van der Waals surface area contributed by atoms with Crippen LogP contribution in [-0.4, -0.2) is 41.5 Å². The summed E-state index contributed by atoms with van der Waals surface area (Å²) in [7, 11) is 1.70. The van der Waals surface area contributed by atoms with Gasteiger partial charge in [-0.05, 0) is 44.9 Å². The average Bonchev–Trinajstić information content (AvgIpc) is 2.45. The van der Waals surface area contributed by atoms with Gasteiger partial charge in [0.05, 0.1) is 12.1 Å². The van der Waals surface area contributed by atoms with Gasteiger partial charge >= 0.3 is 6.09 Å². The molecule has 5 nitrogen and oxygen atoms in total. The van der Waals surface area contributed by atoms with Crippen LogP contribution >= 0.6 is 0 Å². The molecule has 0 spiro atoms. The number of hydrogen-bond acceptors (Lipinski definition) is 4. The number of aromatic hydroxyl groups is 1. The molecule has 2 rings (SSSR count). The van der Waals surface area contributed by atoms with E-state index in [9.17, 15) is 9.90 Å². The zero-order chi connectivity index (χ0) is 17.2. The molecule has 0 radical (unpaired) electrons. The molecule has 1 aromatic carbocycles. The van der Waals surface area contributed by atoms with Gasteiger partial charge in [-0.1, -0.05) is 19.1 Å². The normalized spacial score (nSPS) is 25.3. The van der Waals surface area contributed by atoms with Crippen LogP contribution in [0.15, 0.2) is 24.3 Å². The zero-order valence-electron chi connectivity index (χ0n) is 14.6. The van der Waals surface area contributed by atoms with Crippen molar-refractivity contribution in [3.63, 3.8) is 0 Å². The zero-order valence-corrected chi connectivity index (χ0v) is 14.6. The molecule has 1 heterocycles. The SMILES string of the molecule is COC1CC(c2cccc(O)c2)N(C(=O)OC(C)(C)C)CC1C. The van der Waals surface area contributed by atoms with Crippen LogP contribution in [0.3, 0.4) is 0 Å². The minimum Gasteiger partial charge on any atom is -0.508 e. The lowest BCUT2D eigenvalue weighted by molar-refractivity contribution is -0.0417. The van der Waals surface area contributed by atoms with Crippen molar-refractivity contribution >= 4 is 6.09 Å². The number of nitrogens with zero attached hydrogens (tertiary/aromatic N) is 1. The average molecular weight is 321 g/mol. The molecule has 23 heavy (non-hydrogen) atoms. The summed E-state index contributed by atoms with van der Waals surface area (Å²) in [6.45, 7) is 8.22. The maximum atomic E-state index is 12.6. The van der Waals surface area contributed by atoms with Gasteiger partial charge in [0.1, 0.15) is 11.4 Å². The molecule has 0 bridgehead atoms. The van der Waals surface area contributed by atoms with E-state index in [-0.39, 0.29) is 29.9 Å². The summed E-state index contributed by atoms with van der Waals surface area (Å²) < 4.78 is 11.1. The van der Waals surface area contributed by atoms with Crippen molar-refractivity contribution in [2.24, 2.45) is 5.92 Å². The van der Waals surface area contributed by atoms with Crippen LogP contribution in [0.5, 0.6) is 5.75 Å². The van der Waals surface area contributed by atoms with E-state index in [0.717, 1.165) is 5.56 Å². The van der Waals surface area contributed by atoms with Crippen molar-refractivity contribution in [2.45, 2.75) is 51.9 Å². The standard InChI is InChI=1S/C18H27NO4/c1-12-11-19(17(21)23-18(2,3)4)15(10-16(12)22-5)13-7-6-8-14(20)9-13/h6-9,12,15-16,20H,10-11H2,1-5H3. The predicted molar refractivity (Wildman–Crippen MR) is 88.4 cm³/mol. The molecular formula is C18H27NO4. The van der Waals surface area contributed by atoms with Crippen molar-refractivity contribution in [2.75, 3.05) is 13.7 Å². The second kappa shape index (κ2) is 6.79. The van der Waals surface area contributed by atoms with Crippen LogP contribution in [0.4, 0.5) is 4.79 Å². The van der Waals surface area contributed by atoms with Crippen LogP contribution in [0.2, 0.25) is 0 Å². The first-order valence-corrected chi connectivity index (χ1v) is 8.02. The first-order chi connectivity index (χ1) is 10.7. The molecule has 1 N–H and O–H groups in total. The third-order valence-electron chi connectivity index (χ3n) is 4.14. The summed E-state index contributed by atoms with van der Waals surface area (Å²) in [4.78, 5) is 14.4. The molecule has 128 valence electrons. The number of methoxy groups -OCH3 is 1. The molecule has 5 heteroatoms. The van der Waals surface area contributed by atoms with Gasteiger partial charge in [-0.2, -0.15) is 0 Å². The maximum Gasteiger partial charge on any atom is 0.410 e. The van der Waals surface area contributed by atoms with Crippen LogP contribution in [0.1, 0.15) is 45.7 Å². The number of ether oxygens (including phenoxy) is 2. The van der Waals surface area contributed by atoms with Crippen molar-refractivity contribution in [3.05, 3.63) is 29.8 Å². The van der Waals surface area contributed by atoms with E-state index < -0.39 is 5.60 Å². The van der Waals surface area contributed by atoms with E-state index in [4.69, 9.17) is 9.47 Å². The van der Waals surface area contributed by atoms with Gasteiger partial charge in [0.15, 0.2) is 0 Å². The molecule has 1 aliphatic heterocycles. The van der Waals surface area contributed by atoms with Crippen LogP contribution < -0.4 is 0 Å². The van der Waals surface area contributed by atoms with Gasteiger partial charge in [-0.25, -0.2) is 4.79 Å². The predicted octanol–water partition coefficient (Wildman–Crippen LogP) is 3.73. The lowest BCUT2D eigenvalue weighted by atomic mass is 9.87. The first kappa shape index (κ1) is 17.6. The van der Waals surface area contributed by atoms with Crippen molar-refractivity contribution in [3.8, 4) is 5.75 Å². The summed E-state index contributed by atoms with van der Waals surface area (Å²) in [5.41, 5.74) is 0.353. The summed E-state index contributed by atoms with van der Waals surface area (Å²) >= 11 is 0. The molecule has 0 aromatic heterocycles. The highest BCUT2D eigenvalue weighted by atomic mass is 16.6. The van der Waals surface area contributed by atoms with Gasteiger partial charge in [-0.3, -0.25) is 0 Å². The number of hydrogen-bond donors (Lipinski definition) is 1. The van der Waals surface area contributed by atoms with Gasteiger partial charge in [0.25, 0.3) is 0 Å². The Hall–Kier alpha value is -1.75. The number of rotatable bonds is 2. The fraction of sp³-hybridized carbons (Fsp3) is 0.611. The van der Waals surface area contributed by atoms with Crippen molar-refractivity contribution in [1.82, 2.24) is 4.90 Å². The van der Waals surface area contributed by atoms with Crippen LogP contribution in [0.25, 0.3) is 0 Å². The fourth-order valence-electron chi connectivity index (χ4n) is 3.03. The van der Waals surface area contributed by atoms with E-state index in [2.05, 4.69) is 6.92 Å². The molecule has 3 unspecified atom stereocenters. The smallest absolute Gasteiger partial charge is 0.410 e. The number of carbonyl (C=O) groups excluding carboxylic acids is 1. The lowest BCUT2D eigenvalue weighted by Gasteiger charge is -2.43. The quantitative estimate of drug-likeness (QED) is 0.902. The number of benzene rings is 1. The highest BCUT2D eigenvalue weighted by molar-refractivity contribution is 5.69. The molecule has 1 amide bonds. The topological polar surface area (TPSA) is 59.0 Å². The number of amides is 1. The molecule has 3 atom stereocenters. The number of phenols is 1. The van der Waals surface area contributed by atoms with Gasteiger partial charge in [-0.15, -0.1) is 0 Å². The largest absolute Gasteiger partial charge is 0.508 e. The summed E-state index contributed by atoms with van der Waals surface area (Å²) in [5, 5.41) is 9.76. The van der Waals surface area contributed by atoms with E-state index in [1.807, 2.05) is 26.8 Å². The Labute approximate surface area is 138 Å². The van der Waals surface area contributed by atoms with Gasteiger partial charge in [0.2, 0.25) is 0 Å². The third kappa shape index (κ3) is 4.38. The van der Waals surface area contributed by atoms with E-state index in [1.54, 1.807) is 30.2 Å². The summed E-state index contributed by atoms with van der Waals surface area (Å²) in [6.07, 6.45) is 0.425. The molecule has 0 aliphatic carbocycles. The van der Waals surface area contributed by atoms with E-state index >= 15 is 0 Å². The highest BCUT2D eigenvalue weighted by Crippen LogP contribution is 2.36. The minimum absolute atomic E-state index is 0.0704. The molecule has 1 saturated heterocycles. The van der Waals surface area contributed by atoms with Crippen molar-refractivity contribution < 1.29 is 19.4 Å². The third-order valence-corrected chi connectivity index (χ3v) is 4.14. The van der Waals surface area contributed by atoms with E-state index in [0.29, 0.717) is 13.0 Å². The molecular weight excluding hydrogens is 294 g/mol. The van der Waals surface area contributed by atoms with Crippen LogP contribution in [-0.2, 0) is 9.47 Å².